The maximum atomic E-state index is 12.1. The minimum atomic E-state index is -0.413. The van der Waals surface area contributed by atoms with E-state index in [4.69, 9.17) is 0 Å². The van der Waals surface area contributed by atoms with Gasteiger partial charge in [0.05, 0.1) is 6.54 Å². The van der Waals surface area contributed by atoms with Crippen molar-refractivity contribution in [2.24, 2.45) is 0 Å². The average molecular weight is 278 g/mol. The van der Waals surface area contributed by atoms with E-state index in [9.17, 15) is 19.8 Å². The summed E-state index contributed by atoms with van der Waals surface area (Å²) in [4.78, 5) is 27.1. The summed E-state index contributed by atoms with van der Waals surface area (Å²) in [6.45, 7) is 1.48. The predicted molar refractivity (Wildman–Crippen MR) is 72.5 cm³/mol. The summed E-state index contributed by atoms with van der Waals surface area (Å²) in [5.41, 5.74) is 0.152. The number of amides is 2. The monoisotopic (exact) mass is 278 g/mol. The number of hydrogen-bond acceptors (Lipinski definition) is 4. The molecule has 0 aromatic heterocycles. The van der Waals surface area contributed by atoms with Crippen LogP contribution in [0.3, 0.4) is 0 Å². The molecule has 0 radical (unpaired) electrons. The van der Waals surface area contributed by atoms with Gasteiger partial charge in [-0.15, -0.1) is 0 Å². The lowest BCUT2D eigenvalue weighted by Crippen LogP contribution is -2.39. The number of carbonyl (C=O) groups excluding carboxylic acids is 2. The van der Waals surface area contributed by atoms with Crippen LogP contribution in [0, 0.1) is 0 Å². The highest BCUT2D eigenvalue weighted by Crippen LogP contribution is 2.21. The summed E-state index contributed by atoms with van der Waals surface area (Å²) in [6, 6.07) is 3.67. The topological polar surface area (TPSA) is 81.1 Å². The second-order valence-electron chi connectivity index (χ2n) is 4.99. The Morgan fingerprint density at radius 1 is 1.15 bits per heavy atom. The van der Waals surface area contributed by atoms with Gasteiger partial charge in [-0.05, 0) is 25.0 Å². The molecule has 1 aliphatic heterocycles. The Hall–Kier alpha value is -2.24. The Morgan fingerprint density at radius 2 is 1.70 bits per heavy atom. The fraction of sp³-hybridized carbons (Fsp3) is 0.429. The van der Waals surface area contributed by atoms with E-state index in [0.29, 0.717) is 0 Å². The summed E-state index contributed by atoms with van der Waals surface area (Å²) >= 11 is 0. The predicted octanol–water partition coefficient (Wildman–Crippen LogP) is 0.792. The van der Waals surface area contributed by atoms with Gasteiger partial charge in [-0.25, -0.2) is 0 Å². The van der Waals surface area contributed by atoms with Crippen molar-refractivity contribution in [1.29, 1.82) is 0 Å². The molecule has 0 aliphatic carbocycles. The molecule has 1 heterocycles. The highest BCUT2D eigenvalue weighted by atomic mass is 16.3. The quantitative estimate of drug-likeness (QED) is 0.856. The molecule has 1 fully saturated rings. The van der Waals surface area contributed by atoms with Gasteiger partial charge < -0.3 is 20.0 Å². The highest BCUT2D eigenvalue weighted by molar-refractivity contribution is 5.97. The SMILES string of the molecule is CN(CC(=O)N1CCCC1)C(=O)c1cc(O)cc(O)c1. The molecule has 20 heavy (non-hydrogen) atoms. The average Bonchev–Trinajstić information content (AvgIpc) is 2.90. The number of hydrogen-bond donors (Lipinski definition) is 2. The zero-order valence-corrected chi connectivity index (χ0v) is 11.4. The normalized spacial score (nSPS) is 14.3. The van der Waals surface area contributed by atoms with Crippen molar-refractivity contribution in [1.82, 2.24) is 9.80 Å². The number of nitrogens with zero attached hydrogens (tertiary/aromatic N) is 2. The molecule has 0 atom stereocenters. The standard InChI is InChI=1S/C14H18N2O4/c1-15(9-13(19)16-4-2-3-5-16)14(20)10-6-11(17)8-12(18)7-10/h6-8,17-18H,2-5,9H2,1H3. The first-order chi connectivity index (χ1) is 9.47. The summed E-state index contributed by atoms with van der Waals surface area (Å²) in [5, 5.41) is 18.7. The van der Waals surface area contributed by atoms with Crippen molar-refractivity contribution in [3.8, 4) is 11.5 Å². The fourth-order valence-electron chi connectivity index (χ4n) is 2.28. The number of aromatic hydroxyl groups is 2. The van der Waals surface area contributed by atoms with Crippen LogP contribution < -0.4 is 0 Å². The van der Waals surface area contributed by atoms with E-state index in [0.717, 1.165) is 32.0 Å². The van der Waals surface area contributed by atoms with Crippen LogP contribution in [0.4, 0.5) is 0 Å². The van der Waals surface area contributed by atoms with Crippen LogP contribution in [-0.4, -0.2) is 58.5 Å². The van der Waals surface area contributed by atoms with Gasteiger partial charge in [0.2, 0.25) is 5.91 Å². The van der Waals surface area contributed by atoms with Crippen molar-refractivity contribution in [2.45, 2.75) is 12.8 Å². The van der Waals surface area contributed by atoms with Crippen LogP contribution >= 0.6 is 0 Å². The molecule has 0 unspecified atom stereocenters. The molecule has 1 aromatic carbocycles. The van der Waals surface area contributed by atoms with Crippen LogP contribution in [0.25, 0.3) is 0 Å². The molecule has 2 rings (SSSR count). The molecule has 1 aromatic rings. The van der Waals surface area contributed by atoms with Crippen LogP contribution in [-0.2, 0) is 4.79 Å². The molecule has 0 spiro atoms. The molecule has 108 valence electrons. The summed E-state index contributed by atoms with van der Waals surface area (Å²) in [5.74, 6) is -0.869. The van der Waals surface area contributed by atoms with Crippen LogP contribution in [0.1, 0.15) is 23.2 Å². The van der Waals surface area contributed by atoms with Crippen LogP contribution in [0.15, 0.2) is 18.2 Å². The Morgan fingerprint density at radius 3 is 2.25 bits per heavy atom. The fourth-order valence-corrected chi connectivity index (χ4v) is 2.28. The molecular formula is C14H18N2O4. The smallest absolute Gasteiger partial charge is 0.254 e. The second kappa shape index (κ2) is 5.81. The van der Waals surface area contributed by atoms with Gasteiger partial charge in [-0.1, -0.05) is 0 Å². The van der Waals surface area contributed by atoms with Gasteiger partial charge in [0.1, 0.15) is 11.5 Å². The van der Waals surface area contributed by atoms with E-state index in [1.807, 2.05) is 0 Å². The third kappa shape index (κ3) is 3.20. The minimum Gasteiger partial charge on any atom is -0.508 e. The number of carbonyl (C=O) groups is 2. The molecule has 2 N–H and O–H groups in total. The van der Waals surface area contributed by atoms with Crippen molar-refractivity contribution >= 4 is 11.8 Å². The Kier molecular flexibility index (Phi) is 4.12. The Bertz CT molecular complexity index is 504. The van der Waals surface area contributed by atoms with Crippen molar-refractivity contribution in [2.75, 3.05) is 26.7 Å². The number of phenolic OH excluding ortho intramolecular Hbond substituents is 2. The first kappa shape index (κ1) is 14.2. The first-order valence-electron chi connectivity index (χ1n) is 6.53. The number of benzene rings is 1. The number of phenols is 2. The molecule has 0 saturated carbocycles. The zero-order chi connectivity index (χ0) is 14.7. The first-order valence-corrected chi connectivity index (χ1v) is 6.53. The minimum absolute atomic E-state index is 0.00471. The Balaban J connectivity index is 2.02. The molecule has 6 nitrogen and oxygen atoms in total. The molecule has 2 amide bonds. The van der Waals surface area contributed by atoms with E-state index < -0.39 is 5.91 Å². The summed E-state index contributed by atoms with van der Waals surface area (Å²) in [6.07, 6.45) is 2.01. The lowest BCUT2D eigenvalue weighted by molar-refractivity contribution is -0.130. The van der Waals surface area contributed by atoms with E-state index in [1.54, 1.807) is 4.90 Å². The van der Waals surface area contributed by atoms with E-state index in [-0.39, 0.29) is 29.5 Å². The third-order valence-corrected chi connectivity index (χ3v) is 3.33. The van der Waals surface area contributed by atoms with Gasteiger partial charge in [0.25, 0.3) is 5.91 Å². The van der Waals surface area contributed by atoms with E-state index in [2.05, 4.69) is 0 Å². The lowest BCUT2D eigenvalue weighted by atomic mass is 10.2. The summed E-state index contributed by atoms with van der Waals surface area (Å²) < 4.78 is 0. The number of rotatable bonds is 3. The van der Waals surface area contributed by atoms with Crippen molar-refractivity contribution in [3.05, 3.63) is 23.8 Å². The molecule has 1 saturated heterocycles. The van der Waals surface area contributed by atoms with Gasteiger partial charge >= 0.3 is 0 Å². The third-order valence-electron chi connectivity index (χ3n) is 3.33. The van der Waals surface area contributed by atoms with Gasteiger partial charge in [-0.3, -0.25) is 9.59 Å². The number of likely N-dealkylation sites (tertiary alicyclic amines) is 1. The van der Waals surface area contributed by atoms with Crippen molar-refractivity contribution in [3.63, 3.8) is 0 Å². The lowest BCUT2D eigenvalue weighted by Gasteiger charge is -2.21. The largest absolute Gasteiger partial charge is 0.508 e. The maximum Gasteiger partial charge on any atom is 0.254 e. The van der Waals surface area contributed by atoms with E-state index in [1.165, 1.54) is 24.1 Å². The maximum absolute atomic E-state index is 12.1. The van der Waals surface area contributed by atoms with Crippen molar-refractivity contribution < 1.29 is 19.8 Å². The Labute approximate surface area is 117 Å². The molecular weight excluding hydrogens is 260 g/mol. The number of likely N-dealkylation sites (N-methyl/N-ethyl adjacent to an activating group) is 1. The molecule has 0 bridgehead atoms. The second-order valence-corrected chi connectivity index (χ2v) is 4.99. The van der Waals surface area contributed by atoms with E-state index >= 15 is 0 Å². The highest BCUT2D eigenvalue weighted by Gasteiger charge is 2.22. The summed E-state index contributed by atoms with van der Waals surface area (Å²) in [7, 11) is 1.53. The van der Waals surface area contributed by atoms with Gasteiger partial charge in [-0.2, -0.15) is 0 Å². The van der Waals surface area contributed by atoms with Gasteiger partial charge in [0, 0.05) is 31.8 Å². The van der Waals surface area contributed by atoms with Crippen LogP contribution in [0.5, 0.6) is 11.5 Å². The molecule has 1 aliphatic rings. The molecule has 6 heteroatoms. The van der Waals surface area contributed by atoms with Gasteiger partial charge in [0.15, 0.2) is 0 Å². The van der Waals surface area contributed by atoms with Crippen LogP contribution in [0.2, 0.25) is 0 Å². The zero-order valence-electron chi connectivity index (χ0n) is 11.4.